The van der Waals surface area contributed by atoms with E-state index >= 15 is 0 Å². The largest absolute Gasteiger partial charge is 0.299 e. The molecule has 0 heterocycles. The minimum Gasteiger partial charge on any atom is -0.299 e. The molecule has 2 rings (SSSR count). The normalized spacial score (nSPS) is 37.5. The van der Waals surface area contributed by atoms with E-state index in [1.54, 1.807) is 0 Å². The van der Waals surface area contributed by atoms with Gasteiger partial charge in [-0.3, -0.25) is 9.59 Å². The monoisotopic (exact) mass is 152 g/mol. The molecule has 2 fully saturated rings. The molecule has 0 saturated heterocycles. The van der Waals surface area contributed by atoms with Crippen LogP contribution in [0.2, 0.25) is 0 Å². The van der Waals surface area contributed by atoms with E-state index in [1.165, 1.54) is 0 Å². The molecule has 2 unspecified atom stereocenters. The number of rotatable bonds is 0. The Balaban J connectivity index is 2.21. The Morgan fingerprint density at radius 3 is 2.82 bits per heavy atom. The molecule has 60 valence electrons. The average Bonchev–Trinajstić information content (AvgIpc) is 2.20. The van der Waals surface area contributed by atoms with Gasteiger partial charge in [-0.25, -0.2) is 0 Å². The molecule has 0 amide bonds. The van der Waals surface area contributed by atoms with E-state index in [0.29, 0.717) is 18.8 Å². The molecule has 0 aromatic rings. The van der Waals surface area contributed by atoms with Crippen LogP contribution < -0.4 is 0 Å². The smallest absolute Gasteiger partial charge is 0.143 e. The average molecular weight is 152 g/mol. The number of carbonyl (C=O) groups excluding carboxylic acids is 2. The molecule has 2 saturated carbocycles. The van der Waals surface area contributed by atoms with Crippen molar-refractivity contribution in [2.75, 3.05) is 0 Å². The van der Waals surface area contributed by atoms with Gasteiger partial charge in [0.25, 0.3) is 0 Å². The van der Waals surface area contributed by atoms with Crippen molar-refractivity contribution in [3.05, 3.63) is 0 Å². The highest BCUT2D eigenvalue weighted by atomic mass is 16.2. The summed E-state index contributed by atoms with van der Waals surface area (Å²) in [5.41, 5.74) is 0. The topological polar surface area (TPSA) is 34.1 Å². The fourth-order valence-electron chi connectivity index (χ4n) is 2.25. The van der Waals surface area contributed by atoms with Gasteiger partial charge in [0.1, 0.15) is 11.6 Å². The Kier molecular flexibility index (Phi) is 1.55. The molecule has 0 N–H and O–H groups in total. The van der Waals surface area contributed by atoms with E-state index in [2.05, 4.69) is 0 Å². The zero-order valence-electron chi connectivity index (χ0n) is 6.51. The fraction of sp³-hybridized carbons (Fsp3) is 0.778. The summed E-state index contributed by atoms with van der Waals surface area (Å²) in [6, 6.07) is 0. The first-order valence-electron chi connectivity index (χ1n) is 4.33. The molecule has 2 atom stereocenters. The van der Waals surface area contributed by atoms with Gasteiger partial charge in [-0.2, -0.15) is 0 Å². The van der Waals surface area contributed by atoms with Crippen molar-refractivity contribution >= 4 is 11.6 Å². The summed E-state index contributed by atoms with van der Waals surface area (Å²) >= 11 is 0. The Labute approximate surface area is 66.0 Å². The van der Waals surface area contributed by atoms with Crippen molar-refractivity contribution in [1.82, 2.24) is 0 Å². The molecule has 2 aliphatic rings. The highest BCUT2D eigenvalue weighted by molar-refractivity contribution is 6.04. The van der Waals surface area contributed by atoms with Crippen molar-refractivity contribution in [2.45, 2.75) is 32.1 Å². The minimum absolute atomic E-state index is 0.192. The van der Waals surface area contributed by atoms with E-state index in [1.807, 2.05) is 0 Å². The number of fused-ring (bicyclic) bond motifs is 2. The third-order valence-corrected chi connectivity index (χ3v) is 2.87. The summed E-state index contributed by atoms with van der Waals surface area (Å²) in [4.78, 5) is 22.5. The van der Waals surface area contributed by atoms with Crippen LogP contribution in [0, 0.1) is 11.8 Å². The molecule has 0 aromatic carbocycles. The minimum atomic E-state index is -0.192. The van der Waals surface area contributed by atoms with Crippen LogP contribution in [0.4, 0.5) is 0 Å². The van der Waals surface area contributed by atoms with Crippen LogP contribution in [-0.2, 0) is 9.59 Å². The molecular weight excluding hydrogens is 140 g/mol. The van der Waals surface area contributed by atoms with Crippen molar-refractivity contribution in [2.24, 2.45) is 11.8 Å². The third kappa shape index (κ3) is 1.10. The lowest BCUT2D eigenvalue weighted by atomic mass is 9.99. The Morgan fingerprint density at radius 1 is 1.18 bits per heavy atom. The van der Waals surface area contributed by atoms with Gasteiger partial charge < -0.3 is 0 Å². The SMILES string of the molecule is O=C1CCCC2CC(=O)C1C2. The van der Waals surface area contributed by atoms with Crippen LogP contribution in [0.1, 0.15) is 32.1 Å². The van der Waals surface area contributed by atoms with Crippen LogP contribution in [0.25, 0.3) is 0 Å². The summed E-state index contributed by atoms with van der Waals surface area (Å²) in [6.45, 7) is 0. The summed E-state index contributed by atoms with van der Waals surface area (Å²) in [5.74, 6) is 0.760. The van der Waals surface area contributed by atoms with E-state index < -0.39 is 0 Å². The van der Waals surface area contributed by atoms with Gasteiger partial charge in [-0.05, 0) is 25.2 Å². The summed E-state index contributed by atoms with van der Waals surface area (Å²) in [6.07, 6.45) is 4.28. The molecule has 2 aliphatic carbocycles. The van der Waals surface area contributed by atoms with E-state index in [-0.39, 0.29) is 17.5 Å². The van der Waals surface area contributed by atoms with E-state index in [0.717, 1.165) is 19.3 Å². The maximum Gasteiger partial charge on any atom is 0.143 e. The fourth-order valence-corrected chi connectivity index (χ4v) is 2.25. The van der Waals surface area contributed by atoms with Crippen LogP contribution in [0.15, 0.2) is 0 Å². The second-order valence-electron chi connectivity index (χ2n) is 3.68. The molecule has 0 spiro atoms. The quantitative estimate of drug-likeness (QED) is 0.491. The zero-order chi connectivity index (χ0) is 7.84. The number of Topliss-reactive ketones (excluding diaryl/α,β-unsaturated/α-hetero) is 2. The first-order valence-corrected chi connectivity index (χ1v) is 4.33. The maximum absolute atomic E-state index is 11.3. The predicted molar refractivity (Wildman–Crippen MR) is 40.1 cm³/mol. The summed E-state index contributed by atoms with van der Waals surface area (Å²) in [7, 11) is 0. The lowest BCUT2D eigenvalue weighted by Crippen LogP contribution is -2.17. The van der Waals surface area contributed by atoms with Crippen molar-refractivity contribution in [1.29, 1.82) is 0 Å². The van der Waals surface area contributed by atoms with Crippen molar-refractivity contribution < 1.29 is 9.59 Å². The first-order chi connectivity index (χ1) is 5.27. The predicted octanol–water partition coefficient (Wildman–Crippen LogP) is 1.33. The Morgan fingerprint density at radius 2 is 2.00 bits per heavy atom. The van der Waals surface area contributed by atoms with Gasteiger partial charge in [0.05, 0.1) is 5.92 Å². The highest BCUT2D eigenvalue weighted by Gasteiger charge is 2.38. The number of carbonyl (C=O) groups is 2. The number of ketones is 2. The Hall–Kier alpha value is -0.660. The van der Waals surface area contributed by atoms with Crippen LogP contribution in [-0.4, -0.2) is 11.6 Å². The molecule has 0 aromatic heterocycles. The highest BCUT2D eigenvalue weighted by Crippen LogP contribution is 2.35. The van der Waals surface area contributed by atoms with Crippen molar-refractivity contribution in [3.63, 3.8) is 0 Å². The number of hydrogen-bond acceptors (Lipinski definition) is 2. The third-order valence-electron chi connectivity index (χ3n) is 2.87. The molecular formula is C9H12O2. The van der Waals surface area contributed by atoms with Gasteiger partial charge in [0.2, 0.25) is 0 Å². The van der Waals surface area contributed by atoms with Crippen molar-refractivity contribution in [3.8, 4) is 0 Å². The Bertz CT molecular complexity index is 208. The van der Waals surface area contributed by atoms with Gasteiger partial charge in [-0.1, -0.05) is 0 Å². The zero-order valence-corrected chi connectivity index (χ0v) is 6.51. The van der Waals surface area contributed by atoms with Gasteiger partial charge in [0, 0.05) is 12.8 Å². The number of hydrogen-bond donors (Lipinski definition) is 0. The summed E-state index contributed by atoms with van der Waals surface area (Å²) < 4.78 is 0. The maximum atomic E-state index is 11.3. The second kappa shape index (κ2) is 2.43. The van der Waals surface area contributed by atoms with E-state index in [4.69, 9.17) is 0 Å². The molecule has 2 heteroatoms. The summed E-state index contributed by atoms with van der Waals surface area (Å²) in [5, 5.41) is 0. The standard InChI is InChI=1S/C9H12O2/c10-8-3-1-2-6-4-7(8)9(11)5-6/h6-7H,1-5H2. The lowest BCUT2D eigenvalue weighted by Gasteiger charge is -2.04. The molecule has 0 aliphatic heterocycles. The van der Waals surface area contributed by atoms with Gasteiger partial charge in [-0.15, -0.1) is 0 Å². The van der Waals surface area contributed by atoms with Crippen LogP contribution in [0.5, 0.6) is 0 Å². The lowest BCUT2D eigenvalue weighted by molar-refractivity contribution is -0.130. The van der Waals surface area contributed by atoms with E-state index in [9.17, 15) is 9.59 Å². The van der Waals surface area contributed by atoms with Crippen LogP contribution in [0.3, 0.4) is 0 Å². The molecule has 2 nitrogen and oxygen atoms in total. The first kappa shape index (κ1) is 7.01. The molecule has 0 radical (unpaired) electrons. The van der Waals surface area contributed by atoms with Gasteiger partial charge >= 0.3 is 0 Å². The second-order valence-corrected chi connectivity index (χ2v) is 3.68. The molecule has 11 heavy (non-hydrogen) atoms. The van der Waals surface area contributed by atoms with Crippen LogP contribution >= 0.6 is 0 Å². The molecule has 2 bridgehead atoms. The van der Waals surface area contributed by atoms with Gasteiger partial charge in [0.15, 0.2) is 0 Å².